The van der Waals surface area contributed by atoms with Gasteiger partial charge in [0, 0.05) is 67.3 Å². The molecule has 0 spiro atoms. The summed E-state index contributed by atoms with van der Waals surface area (Å²) in [6.45, 7) is 0. The van der Waals surface area contributed by atoms with Crippen LogP contribution in [0.4, 0.5) is 22.7 Å². The van der Waals surface area contributed by atoms with Crippen molar-refractivity contribution >= 4 is 22.7 Å². The first kappa shape index (κ1) is 45.5. The van der Waals surface area contributed by atoms with Crippen LogP contribution in [-0.2, 0) is 0 Å². The lowest BCUT2D eigenvalue weighted by Crippen LogP contribution is -2.29. The predicted molar refractivity (Wildman–Crippen MR) is 312 cm³/mol. The van der Waals surface area contributed by atoms with Gasteiger partial charge in [0.1, 0.15) is 0 Å². The van der Waals surface area contributed by atoms with E-state index in [2.05, 4.69) is 275 Å². The molecule has 4 N–H and O–H groups in total. The van der Waals surface area contributed by atoms with Crippen molar-refractivity contribution in [3.8, 4) is 69.6 Å². The van der Waals surface area contributed by atoms with Gasteiger partial charge in [0.05, 0.1) is 24.2 Å². The van der Waals surface area contributed by atoms with E-state index in [1.165, 1.54) is 44.5 Å². The molecule has 7 aliphatic heterocycles. The minimum Gasteiger partial charge on any atom is -0.376 e. The largest absolute Gasteiger partial charge is 0.376 e. The summed E-state index contributed by atoms with van der Waals surface area (Å²) in [7, 11) is 0. The number of anilines is 4. The average molecular weight is 969 g/mol. The maximum absolute atomic E-state index is 3.93. The highest BCUT2D eigenvalue weighted by atomic mass is 15.0. The van der Waals surface area contributed by atoms with Crippen LogP contribution < -0.4 is 21.3 Å². The van der Waals surface area contributed by atoms with Crippen LogP contribution >= 0.6 is 0 Å². The fourth-order valence-electron chi connectivity index (χ4n) is 10.7. The number of fused-ring (bicyclic) bond motifs is 6. The molecular formula is C72H48N4. The highest BCUT2D eigenvalue weighted by molar-refractivity contribution is 5.79. The monoisotopic (exact) mass is 968 g/mol. The first-order valence-electron chi connectivity index (χ1n) is 25.7. The lowest BCUT2D eigenvalue weighted by molar-refractivity contribution is 0.642. The zero-order valence-corrected chi connectivity index (χ0v) is 41.4. The minimum atomic E-state index is -0.0697. The van der Waals surface area contributed by atoms with E-state index in [0.717, 1.165) is 67.3 Å². The topological polar surface area (TPSA) is 48.1 Å². The van der Waals surface area contributed by atoms with E-state index in [0.29, 0.717) is 0 Å². The Morgan fingerprint density at radius 3 is 0.645 bits per heavy atom. The lowest BCUT2D eigenvalue weighted by atomic mass is 9.79. The molecule has 19 rings (SSSR count). The number of nitrogens with one attached hydrogen (secondary N) is 4. The molecule has 356 valence electrons. The normalized spacial score (nSPS) is 16.3. The Hall–Kier alpha value is -10.4. The van der Waals surface area contributed by atoms with Gasteiger partial charge < -0.3 is 21.3 Å². The van der Waals surface area contributed by atoms with Crippen molar-refractivity contribution in [3.63, 3.8) is 0 Å². The molecule has 76 heavy (non-hydrogen) atoms. The van der Waals surface area contributed by atoms with Gasteiger partial charge in [-0.05, 0) is 178 Å². The fraction of sp³-hybridized carbons (Fsp3) is 0.0556. The molecule has 0 fully saturated rings. The summed E-state index contributed by atoms with van der Waals surface area (Å²) >= 11 is 0. The third-order valence-electron chi connectivity index (χ3n) is 14.4. The fourth-order valence-corrected chi connectivity index (χ4v) is 10.7. The standard InChI is InChI=1S/C72H48N4/c1-5-19-65-61(15-1)62-16-2-6-20-66(62)70-69(65)73-57-39-31-49(32-40-57)23-27-53-11-9-13-55(47-53)29-25-51-35-43-59(44-36-51)75-71-67-21-7-3-17-63(67)64-18-4-8-22-68(64)72(71)76-60-45-37-52(38-46-60)26-30-56-14-10-12-54(48-56)28-24-50-33-41-58(74-70)42-34-50/h1-22,31-48,69-76H/t69-,70-,71+,72+. The second-order valence-corrected chi connectivity index (χ2v) is 19.3. The van der Waals surface area contributed by atoms with Gasteiger partial charge in [0.2, 0.25) is 0 Å². The molecule has 7 heterocycles. The average Bonchev–Trinajstić information content (AvgIpc) is 3.51. The van der Waals surface area contributed by atoms with Gasteiger partial charge in [0.15, 0.2) is 0 Å². The summed E-state index contributed by atoms with van der Waals surface area (Å²) in [5.74, 6) is 27.1. The van der Waals surface area contributed by atoms with E-state index < -0.39 is 0 Å². The van der Waals surface area contributed by atoms with Crippen molar-refractivity contribution in [1.82, 2.24) is 0 Å². The Morgan fingerprint density at radius 1 is 0.197 bits per heavy atom. The molecule has 2 aliphatic carbocycles. The first-order chi connectivity index (χ1) is 37.6. The Morgan fingerprint density at radius 2 is 0.408 bits per heavy atom. The third kappa shape index (κ3) is 9.56. The van der Waals surface area contributed by atoms with Crippen molar-refractivity contribution in [1.29, 1.82) is 0 Å². The zero-order valence-electron chi connectivity index (χ0n) is 41.4. The van der Waals surface area contributed by atoms with Gasteiger partial charge in [-0.1, -0.05) is 157 Å². The molecule has 9 aliphatic rings. The molecule has 10 aromatic carbocycles. The summed E-state index contributed by atoms with van der Waals surface area (Å²) in [6.07, 6.45) is 0. The molecule has 12 bridgehead atoms. The maximum Gasteiger partial charge on any atom is 0.0763 e. The quantitative estimate of drug-likeness (QED) is 0.114. The van der Waals surface area contributed by atoms with E-state index in [-0.39, 0.29) is 24.2 Å². The first-order valence-corrected chi connectivity index (χ1v) is 25.7. The molecular weight excluding hydrogens is 921 g/mol. The SMILES string of the molecule is C1#Cc2cccc(c2)C#Cc2ccc(cc2)N[C@H]2c3ccccc3-c3ccccc3[C@@H]2Nc2ccc(cc2)C#Cc2cccc(c2)C#Cc2ccc(cc2)N[C@@H]2c3ccccc3-c3ccccc3[C@H]2Nc2ccc1cc2. The van der Waals surface area contributed by atoms with Crippen molar-refractivity contribution < 1.29 is 0 Å². The number of benzene rings is 10. The lowest BCUT2D eigenvalue weighted by Gasteiger charge is -2.37. The molecule has 10 aromatic rings. The van der Waals surface area contributed by atoms with Gasteiger partial charge in [-0.3, -0.25) is 0 Å². The summed E-state index contributed by atoms with van der Waals surface area (Å²) in [5.41, 5.74) is 21.3. The molecule has 0 saturated heterocycles. The third-order valence-corrected chi connectivity index (χ3v) is 14.4. The van der Waals surface area contributed by atoms with Crippen molar-refractivity contribution in [2.75, 3.05) is 21.3 Å². The van der Waals surface area contributed by atoms with Gasteiger partial charge in [-0.25, -0.2) is 0 Å². The van der Waals surface area contributed by atoms with E-state index in [4.69, 9.17) is 0 Å². The van der Waals surface area contributed by atoms with Crippen LogP contribution in [0.25, 0.3) is 22.3 Å². The predicted octanol–water partition coefficient (Wildman–Crippen LogP) is 15.6. The molecule has 4 heteroatoms. The minimum absolute atomic E-state index is 0.0697. The second-order valence-electron chi connectivity index (χ2n) is 19.3. The number of hydrogen-bond acceptors (Lipinski definition) is 4. The van der Waals surface area contributed by atoms with E-state index in [1.807, 2.05) is 36.4 Å². The molecule has 0 radical (unpaired) electrons. The molecule has 0 saturated carbocycles. The van der Waals surface area contributed by atoms with E-state index in [1.54, 1.807) is 0 Å². The van der Waals surface area contributed by atoms with Crippen molar-refractivity contribution in [2.24, 2.45) is 0 Å². The van der Waals surface area contributed by atoms with Crippen LogP contribution in [-0.4, -0.2) is 0 Å². The zero-order chi connectivity index (χ0) is 50.6. The summed E-state index contributed by atoms with van der Waals surface area (Å²) < 4.78 is 0. The van der Waals surface area contributed by atoms with Gasteiger partial charge in [-0.2, -0.15) is 0 Å². The Labute approximate surface area is 445 Å². The Bertz CT molecular complexity index is 3560. The number of hydrogen-bond donors (Lipinski definition) is 4. The molecule has 0 amide bonds. The molecule has 4 nitrogen and oxygen atoms in total. The van der Waals surface area contributed by atoms with Crippen LogP contribution in [0, 0.1) is 47.4 Å². The van der Waals surface area contributed by atoms with Crippen molar-refractivity contribution in [2.45, 2.75) is 24.2 Å². The van der Waals surface area contributed by atoms with Crippen LogP contribution in [0.1, 0.15) is 90.9 Å². The highest BCUT2D eigenvalue weighted by Crippen LogP contribution is 2.49. The smallest absolute Gasteiger partial charge is 0.0763 e. The Balaban J connectivity index is 0.841. The molecule has 0 aromatic heterocycles. The highest BCUT2D eigenvalue weighted by Gasteiger charge is 2.35. The van der Waals surface area contributed by atoms with Gasteiger partial charge >= 0.3 is 0 Å². The van der Waals surface area contributed by atoms with Crippen LogP contribution in [0.5, 0.6) is 0 Å². The van der Waals surface area contributed by atoms with Crippen LogP contribution in [0.2, 0.25) is 0 Å². The summed E-state index contributed by atoms with van der Waals surface area (Å²) in [6, 6.07) is 84.5. The summed E-state index contributed by atoms with van der Waals surface area (Å²) in [5, 5.41) is 15.7. The maximum atomic E-state index is 3.93. The van der Waals surface area contributed by atoms with E-state index in [9.17, 15) is 0 Å². The number of rotatable bonds is 0. The second kappa shape index (κ2) is 20.3. The van der Waals surface area contributed by atoms with E-state index >= 15 is 0 Å². The van der Waals surface area contributed by atoms with Crippen LogP contribution in [0.3, 0.4) is 0 Å². The molecule has 0 unspecified atom stereocenters. The van der Waals surface area contributed by atoms with Crippen molar-refractivity contribution in [3.05, 3.63) is 309 Å². The summed E-state index contributed by atoms with van der Waals surface area (Å²) in [4.78, 5) is 0. The molecule has 4 atom stereocenters. The van der Waals surface area contributed by atoms with Gasteiger partial charge in [-0.15, -0.1) is 0 Å². The Kier molecular flexibility index (Phi) is 12.1. The van der Waals surface area contributed by atoms with Gasteiger partial charge in [0.25, 0.3) is 0 Å². The van der Waals surface area contributed by atoms with Crippen LogP contribution in [0.15, 0.2) is 243 Å².